The Labute approximate surface area is 122 Å². The predicted octanol–water partition coefficient (Wildman–Crippen LogP) is 1.51. The van der Waals surface area contributed by atoms with Gasteiger partial charge in [0, 0.05) is 18.1 Å². The lowest BCUT2D eigenvalue weighted by Gasteiger charge is -2.07. The Morgan fingerprint density at radius 1 is 1.05 bits per heavy atom. The van der Waals surface area contributed by atoms with Crippen molar-refractivity contribution < 1.29 is 28.6 Å². The number of esters is 3. The van der Waals surface area contributed by atoms with Crippen LogP contribution in [0.5, 0.6) is 0 Å². The van der Waals surface area contributed by atoms with Crippen molar-refractivity contribution in [2.45, 2.75) is 6.42 Å². The molecular weight excluding hydrogens is 276 g/mol. The Kier molecular flexibility index (Phi) is 6.67. The maximum Gasteiger partial charge on any atom is 0.338 e. The lowest BCUT2D eigenvalue weighted by Crippen LogP contribution is -2.13. The van der Waals surface area contributed by atoms with Crippen molar-refractivity contribution in [3.8, 4) is 0 Å². The largest absolute Gasteiger partial charge is 0.466 e. The van der Waals surface area contributed by atoms with E-state index in [1.54, 1.807) is 30.3 Å². The molecule has 0 aromatic heterocycles. The van der Waals surface area contributed by atoms with Crippen molar-refractivity contribution >= 4 is 17.9 Å². The Bertz CT molecular complexity index is 532. The van der Waals surface area contributed by atoms with Gasteiger partial charge < -0.3 is 14.2 Å². The van der Waals surface area contributed by atoms with Crippen molar-refractivity contribution in [2.24, 2.45) is 0 Å². The molecule has 0 saturated carbocycles. The van der Waals surface area contributed by atoms with E-state index >= 15 is 0 Å². The number of methoxy groups -OCH3 is 2. The van der Waals surface area contributed by atoms with Gasteiger partial charge in [-0.05, 0) is 12.1 Å². The average Bonchev–Trinajstić information content (AvgIpc) is 2.53. The smallest absolute Gasteiger partial charge is 0.338 e. The molecule has 0 aliphatic heterocycles. The van der Waals surface area contributed by atoms with E-state index in [2.05, 4.69) is 9.47 Å². The Balaban J connectivity index is 2.58. The molecule has 0 bridgehead atoms. The molecule has 0 saturated heterocycles. The quantitative estimate of drug-likeness (QED) is 0.449. The van der Waals surface area contributed by atoms with Gasteiger partial charge in [-0.15, -0.1) is 0 Å². The van der Waals surface area contributed by atoms with Gasteiger partial charge in [-0.3, -0.25) is 0 Å². The van der Waals surface area contributed by atoms with Crippen LogP contribution in [0.1, 0.15) is 16.8 Å². The summed E-state index contributed by atoms with van der Waals surface area (Å²) in [4.78, 5) is 34.3. The summed E-state index contributed by atoms with van der Waals surface area (Å²) in [6, 6.07) is 8.45. The van der Waals surface area contributed by atoms with Crippen molar-refractivity contribution in [3.63, 3.8) is 0 Å². The maximum atomic E-state index is 11.7. The second-order valence-corrected chi connectivity index (χ2v) is 3.94. The van der Waals surface area contributed by atoms with Gasteiger partial charge in [-0.25, -0.2) is 14.4 Å². The molecule has 6 heteroatoms. The van der Waals surface area contributed by atoms with E-state index in [-0.39, 0.29) is 18.6 Å². The van der Waals surface area contributed by atoms with Gasteiger partial charge in [0.1, 0.15) is 0 Å². The zero-order valence-electron chi connectivity index (χ0n) is 11.8. The summed E-state index contributed by atoms with van der Waals surface area (Å²) in [6.45, 7) is -0.0499. The molecule has 1 rings (SSSR count). The van der Waals surface area contributed by atoms with Crippen LogP contribution in [0, 0.1) is 0 Å². The fraction of sp³-hybridized carbons (Fsp3) is 0.267. The summed E-state index contributed by atoms with van der Waals surface area (Å²) in [5.41, 5.74) is 0.485. The zero-order chi connectivity index (χ0) is 15.7. The molecule has 0 amide bonds. The van der Waals surface area contributed by atoms with E-state index in [0.29, 0.717) is 5.56 Å². The number of carbonyl (C=O) groups excluding carboxylic acids is 3. The lowest BCUT2D eigenvalue weighted by atomic mass is 10.2. The van der Waals surface area contributed by atoms with Crippen molar-refractivity contribution in [3.05, 3.63) is 47.5 Å². The van der Waals surface area contributed by atoms with Crippen molar-refractivity contribution in [2.75, 3.05) is 20.8 Å². The SMILES string of the molecule is COC(=O)/C=C(\CCOC(=O)c1ccccc1)C(=O)OC. The zero-order valence-corrected chi connectivity index (χ0v) is 11.8. The summed E-state index contributed by atoms with van der Waals surface area (Å²) in [7, 11) is 2.40. The van der Waals surface area contributed by atoms with Gasteiger partial charge in [-0.2, -0.15) is 0 Å². The normalized spacial score (nSPS) is 10.7. The van der Waals surface area contributed by atoms with Gasteiger partial charge in [-0.1, -0.05) is 18.2 Å². The van der Waals surface area contributed by atoms with Crippen LogP contribution in [0.15, 0.2) is 42.0 Å². The highest BCUT2D eigenvalue weighted by Crippen LogP contribution is 2.07. The monoisotopic (exact) mass is 292 g/mol. The van der Waals surface area contributed by atoms with Crippen LogP contribution in [0.4, 0.5) is 0 Å². The van der Waals surface area contributed by atoms with Gasteiger partial charge in [0.2, 0.25) is 0 Å². The number of carbonyl (C=O) groups is 3. The second kappa shape index (κ2) is 8.52. The standard InChI is InChI=1S/C15H16O6/c1-19-13(16)10-12(14(17)20-2)8-9-21-15(18)11-6-4-3-5-7-11/h3-7,10H,8-9H2,1-2H3/b12-10+. The summed E-state index contributed by atoms with van der Waals surface area (Å²) >= 11 is 0. The first-order chi connectivity index (χ1) is 10.1. The molecule has 0 aliphatic carbocycles. The van der Waals surface area contributed by atoms with Crippen LogP contribution in [0.3, 0.4) is 0 Å². The topological polar surface area (TPSA) is 78.9 Å². The minimum Gasteiger partial charge on any atom is -0.466 e. The molecular formula is C15H16O6. The van der Waals surface area contributed by atoms with Crippen LogP contribution in [-0.4, -0.2) is 38.7 Å². The molecule has 1 aromatic rings. The minimum absolute atomic E-state index is 0.0499. The first-order valence-electron chi connectivity index (χ1n) is 6.17. The third-order valence-corrected chi connectivity index (χ3v) is 2.55. The summed E-state index contributed by atoms with van der Waals surface area (Å²) in [5.74, 6) is -1.85. The summed E-state index contributed by atoms with van der Waals surface area (Å²) in [6.07, 6.45) is 1.07. The summed E-state index contributed by atoms with van der Waals surface area (Å²) < 4.78 is 14.0. The second-order valence-electron chi connectivity index (χ2n) is 3.94. The number of hydrogen-bond acceptors (Lipinski definition) is 6. The highest BCUT2D eigenvalue weighted by atomic mass is 16.5. The van der Waals surface area contributed by atoms with Gasteiger partial charge >= 0.3 is 17.9 Å². The minimum atomic E-state index is -0.676. The Morgan fingerprint density at radius 2 is 1.71 bits per heavy atom. The fourth-order valence-electron chi connectivity index (χ4n) is 1.48. The molecule has 6 nitrogen and oxygen atoms in total. The molecule has 0 spiro atoms. The Hall–Kier alpha value is -2.63. The molecule has 0 atom stereocenters. The van der Waals surface area contributed by atoms with E-state index in [4.69, 9.17) is 4.74 Å². The molecule has 0 heterocycles. The Morgan fingerprint density at radius 3 is 2.29 bits per heavy atom. The third kappa shape index (κ3) is 5.48. The molecule has 0 fully saturated rings. The van der Waals surface area contributed by atoms with Crippen LogP contribution < -0.4 is 0 Å². The van der Waals surface area contributed by atoms with Gasteiger partial charge in [0.15, 0.2) is 0 Å². The van der Waals surface area contributed by atoms with Gasteiger partial charge in [0.25, 0.3) is 0 Å². The molecule has 21 heavy (non-hydrogen) atoms. The number of benzene rings is 1. The number of ether oxygens (including phenoxy) is 3. The van der Waals surface area contributed by atoms with Crippen LogP contribution in [0.2, 0.25) is 0 Å². The van der Waals surface area contributed by atoms with E-state index in [1.807, 2.05) is 0 Å². The highest BCUT2D eigenvalue weighted by Gasteiger charge is 2.14. The average molecular weight is 292 g/mol. The number of rotatable bonds is 6. The number of hydrogen-bond donors (Lipinski definition) is 0. The molecule has 0 N–H and O–H groups in total. The molecule has 1 aromatic carbocycles. The fourth-order valence-corrected chi connectivity index (χ4v) is 1.48. The molecule has 0 radical (unpaired) electrons. The van der Waals surface area contributed by atoms with E-state index in [9.17, 15) is 14.4 Å². The van der Waals surface area contributed by atoms with Crippen molar-refractivity contribution in [1.29, 1.82) is 0 Å². The van der Waals surface area contributed by atoms with E-state index in [1.165, 1.54) is 14.2 Å². The molecule has 0 aliphatic rings. The van der Waals surface area contributed by atoms with Crippen molar-refractivity contribution in [1.82, 2.24) is 0 Å². The first kappa shape index (κ1) is 16.4. The maximum absolute atomic E-state index is 11.7. The highest BCUT2D eigenvalue weighted by molar-refractivity contribution is 5.96. The summed E-state index contributed by atoms with van der Waals surface area (Å²) in [5, 5.41) is 0. The first-order valence-corrected chi connectivity index (χ1v) is 6.17. The van der Waals surface area contributed by atoms with Gasteiger partial charge in [0.05, 0.1) is 26.4 Å². The molecule has 112 valence electrons. The lowest BCUT2D eigenvalue weighted by molar-refractivity contribution is -0.138. The van der Waals surface area contributed by atoms with Crippen LogP contribution in [0.25, 0.3) is 0 Å². The van der Waals surface area contributed by atoms with E-state index in [0.717, 1.165) is 6.08 Å². The predicted molar refractivity (Wildman–Crippen MR) is 73.5 cm³/mol. The van der Waals surface area contributed by atoms with Crippen LogP contribution in [-0.2, 0) is 23.8 Å². The molecule has 0 unspecified atom stereocenters. The van der Waals surface area contributed by atoms with E-state index < -0.39 is 17.9 Å². The third-order valence-electron chi connectivity index (χ3n) is 2.55. The van der Waals surface area contributed by atoms with Crippen LogP contribution >= 0.6 is 0 Å².